The van der Waals surface area contributed by atoms with Gasteiger partial charge in [-0.3, -0.25) is 0 Å². The van der Waals surface area contributed by atoms with Crippen molar-refractivity contribution in [3.8, 4) is 0 Å². The molecule has 0 aliphatic heterocycles. The van der Waals surface area contributed by atoms with Crippen molar-refractivity contribution in [3.63, 3.8) is 0 Å². The third kappa shape index (κ3) is 17.9. The SMILES string of the molecule is CCCCCCCCCCCCCCN(C)CCCCO. The van der Waals surface area contributed by atoms with Crippen LogP contribution in [-0.4, -0.2) is 36.8 Å². The Morgan fingerprint density at radius 1 is 0.571 bits per heavy atom. The van der Waals surface area contributed by atoms with Gasteiger partial charge in [-0.2, -0.15) is 0 Å². The van der Waals surface area contributed by atoms with Crippen molar-refractivity contribution in [1.29, 1.82) is 0 Å². The van der Waals surface area contributed by atoms with Crippen molar-refractivity contribution in [2.24, 2.45) is 0 Å². The molecule has 0 bridgehead atoms. The van der Waals surface area contributed by atoms with Gasteiger partial charge in [-0.15, -0.1) is 0 Å². The van der Waals surface area contributed by atoms with Gasteiger partial charge in [0, 0.05) is 6.61 Å². The van der Waals surface area contributed by atoms with Crippen LogP contribution in [0.1, 0.15) is 96.8 Å². The van der Waals surface area contributed by atoms with Crippen molar-refractivity contribution >= 4 is 0 Å². The molecule has 128 valence electrons. The van der Waals surface area contributed by atoms with E-state index in [9.17, 15) is 0 Å². The molecule has 0 fully saturated rings. The molecule has 0 amide bonds. The predicted octanol–water partition coefficient (Wildman–Crippen LogP) is 5.39. The van der Waals surface area contributed by atoms with Crippen LogP contribution in [0.4, 0.5) is 0 Å². The second-order valence-corrected chi connectivity index (χ2v) is 6.62. The maximum atomic E-state index is 8.75. The van der Waals surface area contributed by atoms with Gasteiger partial charge in [0.1, 0.15) is 0 Å². The zero-order valence-electron chi connectivity index (χ0n) is 14.9. The number of hydrogen-bond donors (Lipinski definition) is 1. The molecule has 0 radical (unpaired) electrons. The van der Waals surface area contributed by atoms with E-state index in [-0.39, 0.29) is 0 Å². The first-order valence-corrected chi connectivity index (χ1v) is 9.60. The number of hydrogen-bond acceptors (Lipinski definition) is 2. The summed E-state index contributed by atoms with van der Waals surface area (Å²) in [5.74, 6) is 0. The molecule has 1 N–H and O–H groups in total. The highest BCUT2D eigenvalue weighted by molar-refractivity contribution is 4.53. The lowest BCUT2D eigenvalue weighted by molar-refractivity contribution is 0.261. The van der Waals surface area contributed by atoms with Crippen LogP contribution in [0.2, 0.25) is 0 Å². The molecular formula is C19H41NO. The van der Waals surface area contributed by atoms with E-state index in [2.05, 4.69) is 18.9 Å². The molecule has 0 aliphatic carbocycles. The van der Waals surface area contributed by atoms with Crippen molar-refractivity contribution in [1.82, 2.24) is 4.90 Å². The molecule has 0 saturated heterocycles. The van der Waals surface area contributed by atoms with Gasteiger partial charge in [-0.1, -0.05) is 77.6 Å². The second kappa shape index (κ2) is 18.0. The minimum Gasteiger partial charge on any atom is -0.396 e. The maximum absolute atomic E-state index is 8.75. The Labute approximate surface area is 134 Å². The summed E-state index contributed by atoms with van der Waals surface area (Å²) in [5.41, 5.74) is 0. The Balaban J connectivity index is 3.05. The van der Waals surface area contributed by atoms with E-state index in [1.807, 2.05) is 0 Å². The third-order valence-corrected chi connectivity index (χ3v) is 4.34. The molecule has 0 aliphatic rings. The fourth-order valence-electron chi connectivity index (χ4n) is 2.83. The van der Waals surface area contributed by atoms with Gasteiger partial charge in [0.2, 0.25) is 0 Å². The molecule has 0 aromatic rings. The van der Waals surface area contributed by atoms with Gasteiger partial charge in [0.25, 0.3) is 0 Å². The average molecular weight is 300 g/mol. The predicted molar refractivity (Wildman–Crippen MR) is 94.9 cm³/mol. The Morgan fingerprint density at radius 3 is 1.38 bits per heavy atom. The minimum absolute atomic E-state index is 0.340. The van der Waals surface area contributed by atoms with Crippen molar-refractivity contribution < 1.29 is 5.11 Å². The lowest BCUT2D eigenvalue weighted by Gasteiger charge is -2.15. The number of rotatable bonds is 17. The summed E-state index contributed by atoms with van der Waals surface area (Å²) in [4.78, 5) is 2.41. The largest absolute Gasteiger partial charge is 0.396 e. The zero-order chi connectivity index (χ0) is 15.6. The minimum atomic E-state index is 0.340. The third-order valence-electron chi connectivity index (χ3n) is 4.34. The summed E-state index contributed by atoms with van der Waals surface area (Å²) in [6.45, 7) is 4.99. The normalized spacial score (nSPS) is 11.4. The van der Waals surface area contributed by atoms with Gasteiger partial charge in [-0.25, -0.2) is 0 Å². The number of nitrogens with zero attached hydrogens (tertiary/aromatic N) is 1. The van der Waals surface area contributed by atoms with E-state index in [0.717, 1.165) is 19.4 Å². The number of aliphatic hydroxyl groups excluding tert-OH is 1. The van der Waals surface area contributed by atoms with Crippen molar-refractivity contribution in [3.05, 3.63) is 0 Å². The van der Waals surface area contributed by atoms with Crippen LogP contribution in [0.15, 0.2) is 0 Å². The van der Waals surface area contributed by atoms with Gasteiger partial charge in [0.05, 0.1) is 0 Å². The zero-order valence-corrected chi connectivity index (χ0v) is 14.9. The first-order chi connectivity index (χ1) is 10.3. The van der Waals surface area contributed by atoms with Crippen molar-refractivity contribution in [2.45, 2.75) is 96.8 Å². The number of unbranched alkanes of at least 4 members (excludes halogenated alkanes) is 12. The summed E-state index contributed by atoms with van der Waals surface area (Å²) in [7, 11) is 2.20. The quantitative estimate of drug-likeness (QED) is 0.364. The van der Waals surface area contributed by atoms with Crippen LogP contribution in [0.5, 0.6) is 0 Å². The molecule has 0 aromatic carbocycles. The summed E-state index contributed by atoms with van der Waals surface area (Å²) >= 11 is 0. The monoisotopic (exact) mass is 299 g/mol. The fourth-order valence-corrected chi connectivity index (χ4v) is 2.83. The standard InChI is InChI=1S/C19H41NO/c1-3-4-5-6-7-8-9-10-11-12-13-14-17-20(2)18-15-16-19-21/h21H,3-19H2,1-2H3. The molecule has 0 atom stereocenters. The summed E-state index contributed by atoms with van der Waals surface area (Å²) < 4.78 is 0. The molecule has 2 nitrogen and oxygen atoms in total. The Kier molecular flexibility index (Phi) is 17.9. The van der Waals surface area contributed by atoms with E-state index in [1.54, 1.807) is 0 Å². The lowest BCUT2D eigenvalue weighted by Crippen LogP contribution is -2.21. The smallest absolute Gasteiger partial charge is 0.0431 e. The first-order valence-electron chi connectivity index (χ1n) is 9.60. The van der Waals surface area contributed by atoms with Crippen LogP contribution in [-0.2, 0) is 0 Å². The first kappa shape index (κ1) is 20.9. The highest BCUT2D eigenvalue weighted by Gasteiger charge is 1.98. The molecule has 0 heterocycles. The molecule has 0 unspecified atom stereocenters. The van der Waals surface area contributed by atoms with E-state index in [0.29, 0.717) is 6.61 Å². The molecule has 0 rings (SSSR count). The molecular weight excluding hydrogens is 258 g/mol. The maximum Gasteiger partial charge on any atom is 0.0431 e. The van der Waals surface area contributed by atoms with Gasteiger partial charge < -0.3 is 10.0 Å². The Bertz CT molecular complexity index is 184. The summed E-state index contributed by atoms with van der Waals surface area (Å²) in [6, 6.07) is 0. The van der Waals surface area contributed by atoms with E-state index < -0.39 is 0 Å². The average Bonchev–Trinajstić information content (AvgIpc) is 2.48. The summed E-state index contributed by atoms with van der Waals surface area (Å²) in [6.07, 6.45) is 19.2. The van der Waals surface area contributed by atoms with Crippen LogP contribution < -0.4 is 0 Å². The fraction of sp³-hybridized carbons (Fsp3) is 1.00. The summed E-state index contributed by atoms with van der Waals surface area (Å²) in [5, 5.41) is 8.75. The van der Waals surface area contributed by atoms with Gasteiger partial charge >= 0.3 is 0 Å². The highest BCUT2D eigenvalue weighted by atomic mass is 16.2. The Morgan fingerprint density at radius 2 is 0.952 bits per heavy atom. The molecule has 2 heteroatoms. The Hall–Kier alpha value is -0.0800. The lowest BCUT2D eigenvalue weighted by atomic mass is 10.1. The van der Waals surface area contributed by atoms with Crippen LogP contribution in [0.3, 0.4) is 0 Å². The van der Waals surface area contributed by atoms with E-state index in [4.69, 9.17) is 5.11 Å². The van der Waals surface area contributed by atoms with Crippen molar-refractivity contribution in [2.75, 3.05) is 26.7 Å². The van der Waals surface area contributed by atoms with Crippen LogP contribution >= 0.6 is 0 Å². The van der Waals surface area contributed by atoms with Crippen LogP contribution in [0.25, 0.3) is 0 Å². The topological polar surface area (TPSA) is 23.5 Å². The van der Waals surface area contributed by atoms with Gasteiger partial charge in [0.15, 0.2) is 0 Å². The van der Waals surface area contributed by atoms with E-state index >= 15 is 0 Å². The molecule has 0 aromatic heterocycles. The van der Waals surface area contributed by atoms with Crippen LogP contribution in [0, 0.1) is 0 Å². The highest BCUT2D eigenvalue weighted by Crippen LogP contribution is 2.12. The van der Waals surface area contributed by atoms with Gasteiger partial charge in [-0.05, 0) is 39.4 Å². The second-order valence-electron chi connectivity index (χ2n) is 6.62. The van der Waals surface area contributed by atoms with E-state index in [1.165, 1.54) is 83.6 Å². The number of aliphatic hydroxyl groups is 1. The molecule has 0 spiro atoms. The molecule has 0 saturated carbocycles. The molecule has 21 heavy (non-hydrogen) atoms.